The molecule has 1 atom stereocenters. The van der Waals surface area contributed by atoms with Crippen molar-refractivity contribution in [3.63, 3.8) is 0 Å². The van der Waals surface area contributed by atoms with Crippen LogP contribution in [0, 0.1) is 5.92 Å². The highest BCUT2D eigenvalue weighted by molar-refractivity contribution is 5.31. The summed E-state index contributed by atoms with van der Waals surface area (Å²) in [6.45, 7) is 3.89. The second-order valence-electron chi connectivity index (χ2n) is 4.95. The zero-order valence-electron chi connectivity index (χ0n) is 10.3. The summed E-state index contributed by atoms with van der Waals surface area (Å²) in [4.78, 5) is 2.43. The fraction of sp³-hybridized carbons (Fsp3) is 0.571. The maximum absolute atomic E-state index is 9.76. The number of nitrogens with zero attached hydrogens (tertiary/aromatic N) is 1. The summed E-state index contributed by atoms with van der Waals surface area (Å²) in [6, 6.07) is 7.61. The van der Waals surface area contributed by atoms with Crippen LogP contribution < -0.4 is 5.73 Å². The maximum Gasteiger partial charge on any atom is 0.120 e. The summed E-state index contributed by atoms with van der Waals surface area (Å²) in [5.74, 6) is 1.15. The summed E-state index contributed by atoms with van der Waals surface area (Å²) < 4.78 is 0. The topological polar surface area (TPSA) is 49.5 Å². The fourth-order valence-corrected chi connectivity index (χ4v) is 2.65. The minimum atomic E-state index is 0.411. The molecule has 1 heterocycles. The van der Waals surface area contributed by atoms with Crippen LogP contribution >= 0.6 is 0 Å². The number of benzene rings is 1. The second-order valence-corrected chi connectivity index (χ2v) is 4.95. The Kier molecular flexibility index (Phi) is 4.40. The number of likely N-dealkylation sites (tertiary alicyclic amines) is 1. The molecule has 1 fully saturated rings. The molecule has 0 amide bonds. The first-order chi connectivity index (χ1) is 8.29. The first-order valence-corrected chi connectivity index (χ1v) is 6.49. The lowest BCUT2D eigenvalue weighted by Crippen LogP contribution is -2.35. The summed E-state index contributed by atoms with van der Waals surface area (Å²) in [5, 5.41) is 9.76. The van der Waals surface area contributed by atoms with Gasteiger partial charge in [-0.2, -0.15) is 0 Å². The Hall–Kier alpha value is -1.06. The van der Waals surface area contributed by atoms with E-state index in [9.17, 15) is 5.11 Å². The molecule has 3 N–H and O–H groups in total. The van der Waals surface area contributed by atoms with Gasteiger partial charge in [0.05, 0.1) is 0 Å². The van der Waals surface area contributed by atoms with E-state index in [-0.39, 0.29) is 0 Å². The molecule has 0 saturated carbocycles. The minimum Gasteiger partial charge on any atom is -0.508 e. The third-order valence-corrected chi connectivity index (χ3v) is 3.56. The van der Waals surface area contributed by atoms with Gasteiger partial charge >= 0.3 is 0 Å². The van der Waals surface area contributed by atoms with E-state index in [4.69, 9.17) is 5.73 Å². The first-order valence-electron chi connectivity index (χ1n) is 6.49. The highest BCUT2D eigenvalue weighted by Gasteiger charge is 2.19. The average molecular weight is 234 g/mol. The van der Waals surface area contributed by atoms with E-state index in [1.807, 2.05) is 18.2 Å². The molecule has 0 aromatic heterocycles. The van der Waals surface area contributed by atoms with E-state index in [1.54, 1.807) is 6.07 Å². The van der Waals surface area contributed by atoms with Crippen LogP contribution in [-0.2, 0) is 6.54 Å². The van der Waals surface area contributed by atoms with E-state index < -0.39 is 0 Å². The molecule has 3 nitrogen and oxygen atoms in total. The molecular formula is C14H22N2O. The molecule has 1 saturated heterocycles. The van der Waals surface area contributed by atoms with Crippen molar-refractivity contribution in [2.24, 2.45) is 11.7 Å². The van der Waals surface area contributed by atoms with E-state index in [1.165, 1.54) is 12.8 Å². The van der Waals surface area contributed by atoms with Crippen LogP contribution in [0.3, 0.4) is 0 Å². The molecule has 1 unspecified atom stereocenters. The molecule has 0 bridgehead atoms. The van der Waals surface area contributed by atoms with Gasteiger partial charge in [0, 0.05) is 18.7 Å². The Morgan fingerprint density at radius 2 is 2.18 bits per heavy atom. The van der Waals surface area contributed by atoms with E-state index in [0.717, 1.165) is 44.1 Å². The average Bonchev–Trinajstić information content (AvgIpc) is 2.33. The zero-order valence-corrected chi connectivity index (χ0v) is 10.3. The van der Waals surface area contributed by atoms with E-state index in [2.05, 4.69) is 4.90 Å². The quantitative estimate of drug-likeness (QED) is 0.837. The van der Waals surface area contributed by atoms with E-state index >= 15 is 0 Å². The van der Waals surface area contributed by atoms with Crippen molar-refractivity contribution in [3.8, 4) is 5.75 Å². The largest absolute Gasteiger partial charge is 0.508 e. The Morgan fingerprint density at radius 1 is 1.35 bits per heavy atom. The Labute approximate surface area is 103 Å². The highest BCUT2D eigenvalue weighted by atomic mass is 16.3. The predicted octanol–water partition coefficient (Wildman–Crippen LogP) is 1.95. The maximum atomic E-state index is 9.76. The van der Waals surface area contributed by atoms with Crippen molar-refractivity contribution in [2.45, 2.75) is 25.8 Å². The van der Waals surface area contributed by atoms with Crippen molar-refractivity contribution in [1.29, 1.82) is 0 Å². The number of rotatable bonds is 4. The molecule has 0 radical (unpaired) electrons. The molecule has 17 heavy (non-hydrogen) atoms. The van der Waals surface area contributed by atoms with Crippen molar-refractivity contribution in [2.75, 3.05) is 19.6 Å². The third kappa shape index (κ3) is 3.45. The molecule has 0 aliphatic carbocycles. The number of hydrogen-bond donors (Lipinski definition) is 2. The lowest BCUT2D eigenvalue weighted by atomic mass is 9.94. The number of phenolic OH excluding ortho intramolecular Hbond substituents is 1. The predicted molar refractivity (Wildman–Crippen MR) is 69.8 cm³/mol. The third-order valence-electron chi connectivity index (χ3n) is 3.56. The molecule has 94 valence electrons. The molecule has 2 rings (SSSR count). The van der Waals surface area contributed by atoms with Crippen LogP contribution in [0.2, 0.25) is 0 Å². The van der Waals surface area contributed by atoms with Crippen molar-refractivity contribution < 1.29 is 5.11 Å². The first kappa shape index (κ1) is 12.4. The van der Waals surface area contributed by atoms with Crippen LogP contribution in [-0.4, -0.2) is 29.6 Å². The smallest absolute Gasteiger partial charge is 0.120 e. The lowest BCUT2D eigenvalue weighted by molar-refractivity contribution is 0.162. The lowest BCUT2D eigenvalue weighted by Gasteiger charge is -2.32. The van der Waals surface area contributed by atoms with Gasteiger partial charge in [0.1, 0.15) is 5.75 Å². The molecule has 1 aromatic rings. The highest BCUT2D eigenvalue weighted by Crippen LogP contribution is 2.23. The van der Waals surface area contributed by atoms with Crippen molar-refractivity contribution >= 4 is 0 Å². The Balaban J connectivity index is 1.92. The molecular weight excluding hydrogens is 212 g/mol. The second kappa shape index (κ2) is 6.03. The number of hydrogen-bond acceptors (Lipinski definition) is 3. The fourth-order valence-electron chi connectivity index (χ4n) is 2.65. The van der Waals surface area contributed by atoms with Gasteiger partial charge in [-0.3, -0.25) is 4.90 Å². The van der Waals surface area contributed by atoms with Crippen molar-refractivity contribution in [1.82, 2.24) is 4.90 Å². The summed E-state index contributed by atoms with van der Waals surface area (Å²) >= 11 is 0. The van der Waals surface area contributed by atoms with Crippen molar-refractivity contribution in [3.05, 3.63) is 29.8 Å². The number of phenols is 1. The number of nitrogens with two attached hydrogens (primary N) is 1. The van der Waals surface area contributed by atoms with Gasteiger partial charge in [-0.25, -0.2) is 0 Å². The zero-order chi connectivity index (χ0) is 12.1. The van der Waals surface area contributed by atoms with Crippen LogP contribution in [0.15, 0.2) is 24.3 Å². The van der Waals surface area contributed by atoms with Crippen LogP contribution in [0.25, 0.3) is 0 Å². The molecule has 0 spiro atoms. The molecule has 3 heteroatoms. The number of aromatic hydroxyl groups is 1. The van der Waals surface area contributed by atoms with Crippen LogP contribution in [0.4, 0.5) is 0 Å². The standard InChI is InChI=1S/C14H22N2O/c15-8-7-12-4-3-9-16(10-12)11-13-5-1-2-6-14(13)17/h1-2,5-6,12,17H,3-4,7-11,15H2. The van der Waals surface area contributed by atoms with Gasteiger partial charge in [-0.1, -0.05) is 18.2 Å². The van der Waals surface area contributed by atoms with Gasteiger partial charge in [0.25, 0.3) is 0 Å². The summed E-state index contributed by atoms with van der Waals surface area (Å²) in [6.07, 6.45) is 3.67. The Bertz CT molecular complexity index is 352. The van der Waals surface area contributed by atoms with Gasteiger partial charge < -0.3 is 10.8 Å². The normalized spacial score (nSPS) is 21.6. The molecule has 1 aromatic carbocycles. The van der Waals surface area contributed by atoms with Gasteiger partial charge in [-0.15, -0.1) is 0 Å². The minimum absolute atomic E-state index is 0.411. The van der Waals surface area contributed by atoms with Gasteiger partial charge in [0.2, 0.25) is 0 Å². The SMILES string of the molecule is NCCC1CCCN(Cc2ccccc2O)C1. The number of para-hydroxylation sites is 1. The van der Waals surface area contributed by atoms with Gasteiger partial charge in [0.15, 0.2) is 0 Å². The summed E-state index contributed by atoms with van der Waals surface area (Å²) in [5.41, 5.74) is 6.65. The monoisotopic (exact) mass is 234 g/mol. The van der Waals surface area contributed by atoms with Crippen LogP contribution in [0.5, 0.6) is 5.75 Å². The molecule has 1 aliphatic heterocycles. The molecule has 1 aliphatic rings. The van der Waals surface area contributed by atoms with Gasteiger partial charge in [-0.05, 0) is 44.3 Å². The number of piperidine rings is 1. The van der Waals surface area contributed by atoms with Crippen LogP contribution in [0.1, 0.15) is 24.8 Å². The summed E-state index contributed by atoms with van der Waals surface area (Å²) in [7, 11) is 0. The Morgan fingerprint density at radius 3 is 2.94 bits per heavy atom. The van der Waals surface area contributed by atoms with E-state index in [0.29, 0.717) is 5.75 Å².